The van der Waals surface area contributed by atoms with Crippen molar-refractivity contribution in [3.8, 4) is 0 Å². The number of amides is 1. The molecule has 24 heavy (non-hydrogen) atoms. The molecule has 1 aliphatic rings. The van der Waals surface area contributed by atoms with Gasteiger partial charge in [0.15, 0.2) is 0 Å². The topological polar surface area (TPSA) is 66.5 Å². The van der Waals surface area contributed by atoms with Crippen molar-refractivity contribution >= 4 is 15.9 Å². The Morgan fingerprint density at radius 2 is 1.79 bits per heavy atom. The second-order valence-electron chi connectivity index (χ2n) is 7.08. The van der Waals surface area contributed by atoms with Crippen LogP contribution in [0.5, 0.6) is 0 Å². The molecule has 6 heteroatoms. The average molecular weight is 353 g/mol. The van der Waals surface area contributed by atoms with Crippen LogP contribution in [0, 0.1) is 11.8 Å². The van der Waals surface area contributed by atoms with Gasteiger partial charge in [0.1, 0.15) is 0 Å². The van der Waals surface area contributed by atoms with Crippen molar-refractivity contribution in [2.75, 3.05) is 19.6 Å². The normalized spacial score (nSPS) is 16.6. The summed E-state index contributed by atoms with van der Waals surface area (Å²) in [6.45, 7) is 8.28. The first-order chi connectivity index (χ1) is 11.3. The molecular formula is C18H28N2O3S. The van der Waals surface area contributed by atoms with Crippen LogP contribution in [-0.4, -0.2) is 38.9 Å². The zero-order chi connectivity index (χ0) is 17.7. The van der Waals surface area contributed by atoms with E-state index >= 15 is 0 Å². The summed E-state index contributed by atoms with van der Waals surface area (Å²) in [6.07, 6.45) is 2.85. The molecular weight excluding hydrogens is 324 g/mol. The number of hydrogen-bond donors (Lipinski definition) is 1. The van der Waals surface area contributed by atoms with Gasteiger partial charge in [-0.05, 0) is 55.4 Å². The molecule has 1 heterocycles. The van der Waals surface area contributed by atoms with Crippen molar-refractivity contribution in [2.45, 2.75) is 44.9 Å². The van der Waals surface area contributed by atoms with Gasteiger partial charge in [0, 0.05) is 25.2 Å². The van der Waals surface area contributed by atoms with E-state index in [1.54, 1.807) is 12.1 Å². The minimum Gasteiger partial charge on any atom is -0.339 e. The molecule has 0 spiro atoms. The summed E-state index contributed by atoms with van der Waals surface area (Å²) in [5.41, 5.74) is 0.547. The first kappa shape index (κ1) is 18.9. The van der Waals surface area contributed by atoms with Gasteiger partial charge >= 0.3 is 0 Å². The van der Waals surface area contributed by atoms with Crippen LogP contribution in [0.15, 0.2) is 29.2 Å². The molecule has 1 N–H and O–H groups in total. The van der Waals surface area contributed by atoms with Crippen LogP contribution in [0.4, 0.5) is 0 Å². The zero-order valence-corrected chi connectivity index (χ0v) is 15.6. The summed E-state index contributed by atoms with van der Waals surface area (Å²) < 4.78 is 27.1. The number of nitrogens with zero attached hydrogens (tertiary/aromatic N) is 1. The van der Waals surface area contributed by atoms with Gasteiger partial charge in [-0.1, -0.05) is 20.8 Å². The quantitative estimate of drug-likeness (QED) is 0.856. The Hall–Kier alpha value is -1.40. The Bertz CT molecular complexity index is 645. The van der Waals surface area contributed by atoms with E-state index in [0.717, 1.165) is 32.4 Å². The Morgan fingerprint density at radius 1 is 1.21 bits per heavy atom. The van der Waals surface area contributed by atoms with E-state index in [1.165, 1.54) is 12.1 Å². The predicted octanol–water partition coefficient (Wildman–Crippen LogP) is 2.88. The molecule has 2 rings (SSSR count). The number of hydrogen-bond acceptors (Lipinski definition) is 3. The second kappa shape index (κ2) is 8.12. The molecule has 0 atom stereocenters. The lowest BCUT2D eigenvalue weighted by atomic mass is 9.98. The van der Waals surface area contributed by atoms with Gasteiger partial charge in [0.2, 0.25) is 10.0 Å². The molecule has 0 saturated carbocycles. The molecule has 1 aliphatic heterocycles. The van der Waals surface area contributed by atoms with E-state index in [0.29, 0.717) is 23.9 Å². The minimum absolute atomic E-state index is 0.0152. The molecule has 1 fully saturated rings. The first-order valence-corrected chi connectivity index (χ1v) is 10.2. The van der Waals surface area contributed by atoms with Crippen LogP contribution < -0.4 is 4.72 Å². The highest BCUT2D eigenvalue weighted by atomic mass is 32.2. The third-order valence-electron chi connectivity index (χ3n) is 4.50. The van der Waals surface area contributed by atoms with Crippen LogP contribution >= 0.6 is 0 Å². The van der Waals surface area contributed by atoms with Crippen LogP contribution in [0.3, 0.4) is 0 Å². The molecule has 0 aliphatic carbocycles. The molecule has 1 aromatic carbocycles. The maximum absolute atomic E-state index is 12.5. The smallest absolute Gasteiger partial charge is 0.253 e. The zero-order valence-electron chi connectivity index (χ0n) is 14.8. The fraction of sp³-hybridized carbons (Fsp3) is 0.611. The van der Waals surface area contributed by atoms with Crippen LogP contribution in [0.2, 0.25) is 0 Å². The molecule has 1 amide bonds. The van der Waals surface area contributed by atoms with E-state index in [9.17, 15) is 13.2 Å². The molecule has 1 saturated heterocycles. The number of likely N-dealkylation sites (tertiary alicyclic amines) is 1. The summed E-state index contributed by atoms with van der Waals surface area (Å²) in [7, 11) is -3.51. The van der Waals surface area contributed by atoms with Gasteiger partial charge in [0.25, 0.3) is 5.91 Å². The van der Waals surface area contributed by atoms with Gasteiger partial charge < -0.3 is 4.90 Å². The maximum Gasteiger partial charge on any atom is 0.253 e. The van der Waals surface area contributed by atoms with Crippen molar-refractivity contribution in [3.63, 3.8) is 0 Å². The summed E-state index contributed by atoms with van der Waals surface area (Å²) in [5, 5.41) is 0. The minimum atomic E-state index is -3.51. The van der Waals surface area contributed by atoms with E-state index in [4.69, 9.17) is 0 Å². The predicted molar refractivity (Wildman–Crippen MR) is 95.4 cm³/mol. The number of nitrogens with one attached hydrogen (secondary N) is 1. The van der Waals surface area contributed by atoms with Crippen molar-refractivity contribution in [3.05, 3.63) is 29.8 Å². The third kappa shape index (κ3) is 5.05. The van der Waals surface area contributed by atoms with Gasteiger partial charge in [0.05, 0.1) is 4.90 Å². The summed E-state index contributed by atoms with van der Waals surface area (Å²) in [5.74, 6) is 1.09. The summed E-state index contributed by atoms with van der Waals surface area (Å²) >= 11 is 0. The number of rotatable bonds is 6. The third-order valence-corrected chi connectivity index (χ3v) is 5.97. The van der Waals surface area contributed by atoms with Gasteiger partial charge in [-0.3, -0.25) is 4.79 Å². The molecule has 0 bridgehead atoms. The number of carbonyl (C=O) groups excluding carboxylic acids is 1. The van der Waals surface area contributed by atoms with E-state index in [-0.39, 0.29) is 10.8 Å². The van der Waals surface area contributed by atoms with Gasteiger partial charge in [-0.15, -0.1) is 0 Å². The Morgan fingerprint density at radius 3 is 2.33 bits per heavy atom. The Kier molecular flexibility index (Phi) is 6.40. The highest BCUT2D eigenvalue weighted by Crippen LogP contribution is 2.19. The molecule has 134 valence electrons. The Labute approximate surface area is 145 Å². The highest BCUT2D eigenvalue weighted by Gasteiger charge is 2.22. The fourth-order valence-electron chi connectivity index (χ4n) is 2.74. The second-order valence-corrected chi connectivity index (χ2v) is 8.85. The lowest BCUT2D eigenvalue weighted by Gasteiger charge is -2.30. The lowest BCUT2D eigenvalue weighted by molar-refractivity contribution is 0.0697. The molecule has 0 aromatic heterocycles. The lowest BCUT2D eigenvalue weighted by Crippen LogP contribution is -2.37. The molecule has 5 nitrogen and oxygen atoms in total. The summed E-state index contributed by atoms with van der Waals surface area (Å²) in [6, 6.07) is 6.24. The van der Waals surface area contributed by atoms with Crippen LogP contribution in [0.1, 0.15) is 50.4 Å². The van der Waals surface area contributed by atoms with Crippen molar-refractivity contribution in [1.29, 1.82) is 0 Å². The fourth-order valence-corrected chi connectivity index (χ4v) is 3.78. The number of sulfonamides is 1. The standard InChI is InChI=1S/C18H28N2O3S/c1-14(2)8-11-19-24(22,23)17-6-4-16(5-7-17)18(21)20-12-9-15(3)10-13-20/h4-7,14-15,19H,8-13H2,1-3H3. The van der Waals surface area contributed by atoms with Crippen LogP contribution in [-0.2, 0) is 10.0 Å². The highest BCUT2D eigenvalue weighted by molar-refractivity contribution is 7.89. The monoisotopic (exact) mass is 352 g/mol. The molecule has 1 aromatic rings. The van der Waals surface area contributed by atoms with Gasteiger partial charge in [-0.2, -0.15) is 0 Å². The number of piperidine rings is 1. The number of carbonyl (C=O) groups is 1. The average Bonchev–Trinajstić information content (AvgIpc) is 2.54. The van der Waals surface area contributed by atoms with E-state index in [2.05, 4.69) is 25.5 Å². The molecule has 0 radical (unpaired) electrons. The maximum atomic E-state index is 12.5. The van der Waals surface area contributed by atoms with E-state index < -0.39 is 10.0 Å². The van der Waals surface area contributed by atoms with Crippen LogP contribution in [0.25, 0.3) is 0 Å². The molecule has 0 unspecified atom stereocenters. The van der Waals surface area contributed by atoms with Crippen molar-refractivity contribution < 1.29 is 13.2 Å². The largest absolute Gasteiger partial charge is 0.339 e. The Balaban J connectivity index is 2.00. The number of benzene rings is 1. The first-order valence-electron chi connectivity index (χ1n) is 8.68. The van der Waals surface area contributed by atoms with Gasteiger partial charge in [-0.25, -0.2) is 13.1 Å². The van der Waals surface area contributed by atoms with E-state index in [1.807, 2.05) is 4.90 Å². The van der Waals surface area contributed by atoms with Crippen molar-refractivity contribution in [2.24, 2.45) is 11.8 Å². The SMILES string of the molecule is CC(C)CCNS(=O)(=O)c1ccc(C(=O)N2CCC(C)CC2)cc1. The van der Waals surface area contributed by atoms with Crippen molar-refractivity contribution in [1.82, 2.24) is 9.62 Å². The summed E-state index contributed by atoms with van der Waals surface area (Å²) in [4.78, 5) is 14.5.